The summed E-state index contributed by atoms with van der Waals surface area (Å²) in [4.78, 5) is 55.3. The van der Waals surface area contributed by atoms with Crippen LogP contribution in [0.1, 0.15) is 26.5 Å². The van der Waals surface area contributed by atoms with Gasteiger partial charge in [-0.2, -0.15) is 0 Å². The first-order valence-electron chi connectivity index (χ1n) is 9.57. The Morgan fingerprint density at radius 1 is 0.943 bits per heavy atom. The van der Waals surface area contributed by atoms with Crippen molar-refractivity contribution in [1.82, 2.24) is 9.55 Å². The molecular weight excluding hydrogens is 470 g/mol. The second kappa shape index (κ2) is 11.6. The first-order chi connectivity index (χ1) is 16.5. The van der Waals surface area contributed by atoms with Crippen molar-refractivity contribution in [2.24, 2.45) is 0 Å². The number of ether oxygens (including phenoxy) is 1. The van der Waals surface area contributed by atoms with E-state index >= 15 is 0 Å². The van der Waals surface area contributed by atoms with E-state index in [-0.39, 0.29) is 19.0 Å². The molecule has 15 heteroatoms. The predicted molar refractivity (Wildman–Crippen MR) is 117 cm³/mol. The van der Waals surface area contributed by atoms with E-state index in [1.165, 1.54) is 10.8 Å². The monoisotopic (exact) mass is 487 g/mol. The Kier molecular flexibility index (Phi) is 8.63. The molecule has 0 unspecified atom stereocenters. The van der Waals surface area contributed by atoms with Gasteiger partial charge in [0.25, 0.3) is 11.4 Å². The Hall–Kier alpha value is -5.21. The number of aryl methyl sites for hydroxylation is 1. The number of benzene rings is 2. The maximum Gasteiger partial charge on any atom is 0.342 e. The van der Waals surface area contributed by atoms with Crippen LogP contribution in [0.15, 0.2) is 54.7 Å². The van der Waals surface area contributed by atoms with Crippen LogP contribution in [-0.2, 0) is 11.3 Å². The Labute approximate surface area is 195 Å². The molecule has 0 atom stereocenters. The molecule has 0 saturated heterocycles. The second-order valence-electron chi connectivity index (χ2n) is 6.63. The van der Waals surface area contributed by atoms with Gasteiger partial charge in [0.15, 0.2) is 5.82 Å². The zero-order chi connectivity index (χ0) is 26.1. The van der Waals surface area contributed by atoms with Crippen LogP contribution in [0.25, 0.3) is 0 Å². The summed E-state index contributed by atoms with van der Waals surface area (Å²) in [6.07, 6.45) is 1.19. The van der Waals surface area contributed by atoms with Crippen LogP contribution in [0.2, 0.25) is 0 Å². The van der Waals surface area contributed by atoms with Gasteiger partial charge in [0.05, 0.1) is 27.0 Å². The fraction of sp³-hybridized carbons (Fsp3) is 0.150. The summed E-state index contributed by atoms with van der Waals surface area (Å²) in [5, 5.41) is 40.0. The maximum absolute atomic E-state index is 11.7. The van der Waals surface area contributed by atoms with Gasteiger partial charge in [0.2, 0.25) is 0 Å². The van der Waals surface area contributed by atoms with Crippen LogP contribution in [0.3, 0.4) is 0 Å². The summed E-state index contributed by atoms with van der Waals surface area (Å²) in [7, 11) is 0. The third-order valence-corrected chi connectivity index (χ3v) is 4.35. The molecule has 0 spiro atoms. The fourth-order valence-electron chi connectivity index (χ4n) is 2.70. The van der Waals surface area contributed by atoms with Crippen molar-refractivity contribution >= 4 is 29.1 Å². The molecule has 3 aromatic rings. The van der Waals surface area contributed by atoms with E-state index in [0.717, 1.165) is 12.1 Å². The van der Waals surface area contributed by atoms with E-state index in [9.17, 15) is 39.9 Å². The molecule has 1 heterocycles. The van der Waals surface area contributed by atoms with E-state index in [0.29, 0.717) is 17.5 Å². The average Bonchev–Trinajstić information content (AvgIpc) is 3.20. The summed E-state index contributed by atoms with van der Waals surface area (Å²) in [6, 6.07) is 10.8. The Morgan fingerprint density at radius 3 is 2.00 bits per heavy atom. The lowest BCUT2D eigenvalue weighted by atomic mass is 10.2. The van der Waals surface area contributed by atoms with Crippen LogP contribution in [0.4, 0.5) is 17.2 Å². The number of carboxylic acids is 1. The van der Waals surface area contributed by atoms with E-state index in [1.807, 2.05) is 0 Å². The van der Waals surface area contributed by atoms with Gasteiger partial charge in [0.1, 0.15) is 19.3 Å². The molecule has 35 heavy (non-hydrogen) atoms. The SMILES string of the molecule is Cc1ncc([N+](=O)[O-])n1CCOC(=O)c1ccccc1.O=C(O)c1cc([N+](=O)[O-])cc([N+](=O)[O-])c1. The number of carbonyl (C=O) groups is 2. The highest BCUT2D eigenvalue weighted by Crippen LogP contribution is 2.22. The number of aromatic carboxylic acids is 1. The zero-order valence-corrected chi connectivity index (χ0v) is 18.0. The van der Waals surface area contributed by atoms with Crippen molar-refractivity contribution in [2.75, 3.05) is 6.61 Å². The molecule has 0 aliphatic heterocycles. The number of carbonyl (C=O) groups excluding carboxylic acids is 1. The minimum Gasteiger partial charge on any atom is -0.478 e. The number of esters is 1. The number of nitro benzene ring substituents is 2. The van der Waals surface area contributed by atoms with Gasteiger partial charge >= 0.3 is 17.8 Å². The van der Waals surface area contributed by atoms with Crippen molar-refractivity contribution in [3.05, 3.63) is 102 Å². The van der Waals surface area contributed by atoms with E-state index in [1.54, 1.807) is 37.3 Å². The lowest BCUT2D eigenvalue weighted by Crippen LogP contribution is -2.13. The normalized spacial score (nSPS) is 9.97. The van der Waals surface area contributed by atoms with Crippen LogP contribution >= 0.6 is 0 Å². The number of imidazole rings is 1. The minimum atomic E-state index is -1.46. The highest BCUT2D eigenvalue weighted by Gasteiger charge is 2.19. The average molecular weight is 487 g/mol. The molecule has 1 N–H and O–H groups in total. The summed E-state index contributed by atoms with van der Waals surface area (Å²) >= 11 is 0. The molecule has 1 aromatic heterocycles. The van der Waals surface area contributed by atoms with Gasteiger partial charge in [-0.05, 0) is 17.1 Å². The lowest BCUT2D eigenvalue weighted by molar-refractivity contribution is -0.394. The quantitative estimate of drug-likeness (QED) is 0.277. The third kappa shape index (κ3) is 7.14. The number of hydrogen-bond donors (Lipinski definition) is 1. The standard InChI is InChI=1S/C13H13N3O4.C7H4N2O6/c1-10-14-9-12(16(18)19)15(10)7-8-20-13(17)11-5-3-2-4-6-11;10-7(11)4-1-5(8(12)13)3-6(2-4)9(14)15/h2-6,9H,7-8H2,1H3;1-3H,(H,10,11). The van der Waals surface area contributed by atoms with Gasteiger partial charge in [-0.25, -0.2) is 19.1 Å². The Balaban J connectivity index is 0.000000258. The molecule has 0 aliphatic rings. The van der Waals surface area contributed by atoms with E-state index < -0.39 is 43.6 Å². The number of nitrogens with zero attached hydrogens (tertiary/aromatic N) is 5. The third-order valence-electron chi connectivity index (χ3n) is 4.35. The molecular formula is C20H17N5O10. The van der Waals surface area contributed by atoms with E-state index in [4.69, 9.17) is 9.84 Å². The first-order valence-corrected chi connectivity index (χ1v) is 9.57. The molecule has 3 rings (SSSR count). The number of carboxylic acid groups (broad SMARTS) is 1. The molecule has 0 aliphatic carbocycles. The summed E-state index contributed by atoms with van der Waals surface area (Å²) in [6.45, 7) is 1.90. The van der Waals surface area contributed by atoms with Crippen molar-refractivity contribution < 1.29 is 34.2 Å². The fourth-order valence-corrected chi connectivity index (χ4v) is 2.70. The van der Waals surface area contributed by atoms with Gasteiger partial charge in [-0.15, -0.1) is 0 Å². The van der Waals surface area contributed by atoms with Gasteiger partial charge in [0, 0.05) is 19.1 Å². The van der Waals surface area contributed by atoms with Crippen LogP contribution in [0.5, 0.6) is 0 Å². The second-order valence-corrected chi connectivity index (χ2v) is 6.63. The van der Waals surface area contributed by atoms with E-state index in [2.05, 4.69) is 4.98 Å². The molecule has 0 bridgehead atoms. The van der Waals surface area contributed by atoms with Crippen molar-refractivity contribution in [2.45, 2.75) is 13.5 Å². The molecule has 182 valence electrons. The minimum absolute atomic E-state index is 0.0474. The lowest BCUT2D eigenvalue weighted by Gasteiger charge is -2.05. The van der Waals surface area contributed by atoms with Crippen LogP contribution < -0.4 is 0 Å². The Bertz CT molecular complexity index is 1190. The number of hydrogen-bond acceptors (Lipinski definition) is 10. The van der Waals surface area contributed by atoms with Gasteiger partial charge in [-0.1, -0.05) is 18.2 Å². The van der Waals surface area contributed by atoms with Crippen LogP contribution in [0, 0.1) is 37.3 Å². The predicted octanol–water partition coefficient (Wildman–Crippen LogP) is 3.16. The molecule has 0 fully saturated rings. The molecule has 0 saturated carbocycles. The smallest absolute Gasteiger partial charge is 0.342 e. The highest BCUT2D eigenvalue weighted by molar-refractivity contribution is 5.89. The highest BCUT2D eigenvalue weighted by atomic mass is 16.6. The number of rotatable bonds is 8. The van der Waals surface area contributed by atoms with Gasteiger partial charge in [-0.3, -0.25) is 20.2 Å². The number of nitro groups is 3. The summed E-state index contributed by atoms with van der Waals surface area (Å²) < 4.78 is 6.48. The van der Waals surface area contributed by atoms with Crippen molar-refractivity contribution in [3.63, 3.8) is 0 Å². The van der Waals surface area contributed by atoms with Crippen LogP contribution in [-0.4, -0.2) is 48.0 Å². The number of non-ortho nitro benzene ring substituents is 2. The van der Waals surface area contributed by atoms with Crippen molar-refractivity contribution in [1.29, 1.82) is 0 Å². The van der Waals surface area contributed by atoms with Crippen molar-refractivity contribution in [3.8, 4) is 0 Å². The first kappa shape index (κ1) is 26.0. The zero-order valence-electron chi connectivity index (χ0n) is 18.0. The van der Waals surface area contributed by atoms with Gasteiger partial charge < -0.3 is 20.0 Å². The maximum atomic E-state index is 11.7. The summed E-state index contributed by atoms with van der Waals surface area (Å²) in [5.74, 6) is -1.52. The largest absolute Gasteiger partial charge is 0.478 e. The topological polar surface area (TPSA) is 211 Å². The molecule has 15 nitrogen and oxygen atoms in total. The molecule has 0 amide bonds. The molecule has 2 aromatic carbocycles. The Morgan fingerprint density at radius 2 is 1.51 bits per heavy atom. The summed E-state index contributed by atoms with van der Waals surface area (Å²) in [5.41, 5.74) is -1.29. The molecule has 0 radical (unpaired) electrons. The number of aromatic nitrogens is 2.